The molecule has 0 spiro atoms. The third-order valence-electron chi connectivity index (χ3n) is 4.59. The fraction of sp³-hybridized carbons (Fsp3) is 0.600. The average molecular weight is 478 g/mol. The Labute approximate surface area is 180 Å². The minimum Gasteiger partial charge on any atom is -0.387 e. The summed E-state index contributed by atoms with van der Waals surface area (Å²) < 4.78 is 22.1. The predicted molar refractivity (Wildman–Crippen MR) is 109 cm³/mol. The molecule has 172 valence electrons. The van der Waals surface area contributed by atoms with Gasteiger partial charge < -0.3 is 35.8 Å². The summed E-state index contributed by atoms with van der Waals surface area (Å²) in [4.78, 5) is 42.2. The molecule has 1 fully saturated rings. The molecule has 7 N–H and O–H groups in total. The Balaban J connectivity index is 1.79. The summed E-state index contributed by atoms with van der Waals surface area (Å²) >= 11 is 1.57. The van der Waals surface area contributed by atoms with Crippen LogP contribution >= 0.6 is 19.6 Å². The van der Waals surface area contributed by atoms with Crippen molar-refractivity contribution in [2.24, 2.45) is 5.73 Å². The van der Waals surface area contributed by atoms with Gasteiger partial charge in [0.1, 0.15) is 24.6 Å². The first-order valence-corrected chi connectivity index (χ1v) is 12.0. The highest BCUT2D eigenvalue weighted by Gasteiger charge is 2.45. The zero-order valence-corrected chi connectivity index (χ0v) is 18.0. The fourth-order valence-corrected chi connectivity index (χ4v) is 3.81. The zero-order valence-electron chi connectivity index (χ0n) is 16.3. The van der Waals surface area contributed by atoms with Crippen molar-refractivity contribution in [1.29, 1.82) is 0 Å². The van der Waals surface area contributed by atoms with E-state index >= 15 is 0 Å². The van der Waals surface area contributed by atoms with Gasteiger partial charge in [0.05, 0.1) is 19.0 Å². The molecule has 0 saturated carbocycles. The number of aromatic nitrogens is 4. The molecule has 1 saturated heterocycles. The van der Waals surface area contributed by atoms with E-state index in [9.17, 15) is 19.6 Å². The Bertz CT molecular complexity index is 972. The number of carbonyl (C=O) groups is 1. The van der Waals surface area contributed by atoms with E-state index in [1.165, 1.54) is 17.2 Å². The lowest BCUT2D eigenvalue weighted by molar-refractivity contribution is -0.117. The minimum absolute atomic E-state index is 0.114. The van der Waals surface area contributed by atoms with Crippen molar-refractivity contribution < 1.29 is 38.6 Å². The number of hydrogen-bond donors (Lipinski definition) is 6. The molecule has 2 aromatic rings. The number of imidazole rings is 1. The second-order valence-electron chi connectivity index (χ2n) is 6.76. The molecule has 3 rings (SSSR count). The van der Waals surface area contributed by atoms with E-state index in [0.717, 1.165) is 0 Å². The van der Waals surface area contributed by atoms with Crippen LogP contribution in [0.2, 0.25) is 0 Å². The number of nitrogens with two attached hydrogens (primary N) is 1. The molecule has 0 radical (unpaired) electrons. The van der Waals surface area contributed by atoms with Gasteiger partial charge in [0.15, 0.2) is 23.2 Å². The summed E-state index contributed by atoms with van der Waals surface area (Å²) in [6, 6.07) is -0.732. The van der Waals surface area contributed by atoms with Gasteiger partial charge in [-0.05, 0) is 18.4 Å². The van der Waals surface area contributed by atoms with Crippen molar-refractivity contribution in [3.05, 3.63) is 12.7 Å². The molecule has 14 nitrogen and oxygen atoms in total. The largest absolute Gasteiger partial charge is 0.469 e. The number of phosphoric acid groups is 1. The van der Waals surface area contributed by atoms with E-state index in [1.54, 1.807) is 11.8 Å². The topological polar surface area (TPSA) is 215 Å². The number of carbonyl (C=O) groups excluding carboxylic acids is 1. The van der Waals surface area contributed by atoms with E-state index in [4.69, 9.17) is 20.3 Å². The Morgan fingerprint density at radius 1 is 1.39 bits per heavy atom. The van der Waals surface area contributed by atoms with Crippen LogP contribution in [0.15, 0.2) is 12.7 Å². The first-order chi connectivity index (χ1) is 14.6. The maximum Gasteiger partial charge on any atom is 0.469 e. The van der Waals surface area contributed by atoms with Crippen molar-refractivity contribution in [2.45, 2.75) is 37.0 Å². The molecule has 2 aromatic heterocycles. The van der Waals surface area contributed by atoms with E-state index in [-0.39, 0.29) is 17.0 Å². The number of anilines is 1. The number of fused-ring (bicyclic) bond motifs is 1. The number of rotatable bonds is 9. The molecule has 0 bridgehead atoms. The SMILES string of the molecule is CSCC[C@H](N)C(=O)Nc1ncnc2c1ncn2[C@@H]1O[C@H](COP(=O)(O)O)[C@@H](O)[C@H]1O. The fourth-order valence-electron chi connectivity index (χ4n) is 2.98. The molecule has 5 atom stereocenters. The molecule has 0 aliphatic carbocycles. The van der Waals surface area contributed by atoms with Crippen LogP contribution in [0.3, 0.4) is 0 Å². The van der Waals surface area contributed by atoms with Crippen molar-refractivity contribution in [3.8, 4) is 0 Å². The quantitative estimate of drug-likeness (QED) is 0.228. The van der Waals surface area contributed by atoms with Crippen LogP contribution in [0, 0.1) is 0 Å². The summed E-state index contributed by atoms with van der Waals surface area (Å²) in [5, 5.41) is 23.1. The lowest BCUT2D eigenvalue weighted by Crippen LogP contribution is -2.36. The monoisotopic (exact) mass is 478 g/mol. The molecule has 1 amide bonds. The number of phosphoric ester groups is 1. The molecule has 0 aromatic carbocycles. The van der Waals surface area contributed by atoms with E-state index in [1.807, 2.05) is 6.26 Å². The van der Waals surface area contributed by atoms with Gasteiger partial charge in [-0.3, -0.25) is 13.9 Å². The highest BCUT2D eigenvalue weighted by molar-refractivity contribution is 7.98. The van der Waals surface area contributed by atoms with E-state index < -0.39 is 50.9 Å². The summed E-state index contributed by atoms with van der Waals surface area (Å²) in [7, 11) is -4.78. The molecule has 31 heavy (non-hydrogen) atoms. The van der Waals surface area contributed by atoms with Gasteiger partial charge in [0, 0.05) is 0 Å². The van der Waals surface area contributed by atoms with Crippen LogP contribution < -0.4 is 11.1 Å². The highest BCUT2D eigenvalue weighted by Crippen LogP contribution is 2.38. The van der Waals surface area contributed by atoms with Gasteiger partial charge in [-0.25, -0.2) is 19.5 Å². The summed E-state index contributed by atoms with van der Waals surface area (Å²) in [6.07, 6.45) is -0.489. The summed E-state index contributed by atoms with van der Waals surface area (Å²) in [5.74, 6) is 0.391. The maximum absolute atomic E-state index is 12.3. The Morgan fingerprint density at radius 3 is 2.81 bits per heavy atom. The number of nitrogens with one attached hydrogen (secondary N) is 1. The minimum atomic E-state index is -4.78. The van der Waals surface area contributed by atoms with Crippen LogP contribution in [-0.2, 0) is 18.6 Å². The van der Waals surface area contributed by atoms with Crippen LogP contribution in [0.25, 0.3) is 11.2 Å². The summed E-state index contributed by atoms with van der Waals surface area (Å²) in [6.45, 7) is -0.643. The number of amides is 1. The van der Waals surface area contributed by atoms with E-state index in [0.29, 0.717) is 12.2 Å². The van der Waals surface area contributed by atoms with Crippen LogP contribution in [0.1, 0.15) is 12.6 Å². The third kappa shape index (κ3) is 5.58. The molecule has 0 unspecified atom stereocenters. The molecule has 1 aliphatic rings. The van der Waals surface area contributed by atoms with Crippen molar-refractivity contribution in [1.82, 2.24) is 19.5 Å². The highest BCUT2D eigenvalue weighted by atomic mass is 32.2. The second kappa shape index (κ2) is 9.85. The van der Waals surface area contributed by atoms with Crippen molar-refractivity contribution in [3.63, 3.8) is 0 Å². The lowest BCUT2D eigenvalue weighted by atomic mass is 10.1. The van der Waals surface area contributed by atoms with Crippen molar-refractivity contribution >= 4 is 42.5 Å². The smallest absolute Gasteiger partial charge is 0.387 e. The van der Waals surface area contributed by atoms with Crippen LogP contribution in [0.5, 0.6) is 0 Å². The van der Waals surface area contributed by atoms with Gasteiger partial charge in [0.25, 0.3) is 0 Å². The lowest BCUT2D eigenvalue weighted by Gasteiger charge is -2.16. The molecular formula is C15H23N6O8PS. The molecular weight excluding hydrogens is 455 g/mol. The van der Waals surface area contributed by atoms with E-state index in [2.05, 4.69) is 24.8 Å². The predicted octanol–water partition coefficient (Wildman–Crippen LogP) is -1.43. The Hall–Kier alpha value is -1.68. The summed E-state index contributed by atoms with van der Waals surface area (Å²) in [5.41, 5.74) is 6.26. The number of aliphatic hydroxyl groups is 2. The first-order valence-electron chi connectivity index (χ1n) is 9.07. The van der Waals surface area contributed by atoms with Gasteiger partial charge >= 0.3 is 7.82 Å². The molecule has 16 heteroatoms. The van der Waals surface area contributed by atoms with Gasteiger partial charge in [-0.1, -0.05) is 0 Å². The van der Waals surface area contributed by atoms with Gasteiger partial charge in [0.2, 0.25) is 5.91 Å². The first kappa shape index (κ1) is 24.0. The average Bonchev–Trinajstić information content (AvgIpc) is 3.26. The van der Waals surface area contributed by atoms with Gasteiger partial charge in [-0.2, -0.15) is 11.8 Å². The maximum atomic E-state index is 12.3. The Kier molecular flexibility index (Phi) is 7.62. The number of nitrogens with zero attached hydrogens (tertiary/aromatic N) is 4. The standard InChI is InChI=1S/C15H23N6O8PS/c1-31-3-2-7(16)14(24)20-12-9-13(18-5-17-12)21(6-19-9)15-11(23)10(22)8(29-15)4-28-30(25,26)27/h5-8,10-11,15,22-23H,2-4,16H2,1H3,(H2,25,26,27)(H,17,18,20,24)/t7-,8+,10+,11+,15+/m0/s1. The number of thioether (sulfide) groups is 1. The molecule has 3 heterocycles. The normalized spacial score (nSPS) is 25.1. The zero-order chi connectivity index (χ0) is 22.8. The third-order valence-corrected chi connectivity index (χ3v) is 5.72. The number of ether oxygens (including phenoxy) is 1. The van der Waals surface area contributed by atoms with Crippen molar-refractivity contribution in [2.75, 3.05) is 23.9 Å². The van der Waals surface area contributed by atoms with Crippen LogP contribution in [0.4, 0.5) is 5.82 Å². The number of hydrogen-bond acceptors (Lipinski definition) is 11. The van der Waals surface area contributed by atoms with Gasteiger partial charge in [-0.15, -0.1) is 0 Å². The molecule has 1 aliphatic heterocycles. The second-order valence-corrected chi connectivity index (χ2v) is 8.98. The Morgan fingerprint density at radius 2 is 2.13 bits per heavy atom. The van der Waals surface area contributed by atoms with Crippen LogP contribution in [-0.4, -0.2) is 88.4 Å². The number of aliphatic hydroxyl groups excluding tert-OH is 2.